The van der Waals surface area contributed by atoms with Crippen molar-refractivity contribution in [3.8, 4) is 17.2 Å². The normalized spacial score (nSPS) is 12.2. The highest BCUT2D eigenvalue weighted by Gasteiger charge is 2.16. The summed E-state index contributed by atoms with van der Waals surface area (Å²) in [5.74, 6) is 1.34. The molecule has 1 amide bonds. The van der Waals surface area contributed by atoms with Gasteiger partial charge < -0.3 is 14.2 Å². The molecule has 0 saturated carbocycles. The van der Waals surface area contributed by atoms with Crippen LogP contribution < -0.4 is 19.6 Å². The SMILES string of the molecule is O=C(N/N=C/c1cc2c(cc1Br)OCO2)c1ccccc1OCc1ccccc1Cl. The molecule has 3 aromatic rings. The first kappa shape index (κ1) is 20.3. The van der Waals surface area contributed by atoms with Crippen LogP contribution in [0.25, 0.3) is 0 Å². The van der Waals surface area contributed by atoms with Gasteiger partial charge in [0, 0.05) is 20.6 Å². The van der Waals surface area contributed by atoms with Crippen molar-refractivity contribution in [2.45, 2.75) is 6.61 Å². The zero-order chi connectivity index (χ0) is 20.9. The van der Waals surface area contributed by atoms with Gasteiger partial charge in [0.05, 0.1) is 11.8 Å². The first-order valence-electron chi connectivity index (χ1n) is 8.99. The minimum absolute atomic E-state index is 0.185. The lowest BCUT2D eigenvalue weighted by molar-refractivity contribution is 0.0950. The number of hydrogen-bond acceptors (Lipinski definition) is 5. The summed E-state index contributed by atoms with van der Waals surface area (Å²) in [5.41, 5.74) is 4.46. The number of hydrazone groups is 1. The van der Waals surface area contributed by atoms with Crippen LogP contribution >= 0.6 is 27.5 Å². The number of benzene rings is 3. The number of para-hydroxylation sites is 1. The molecule has 30 heavy (non-hydrogen) atoms. The van der Waals surface area contributed by atoms with E-state index in [0.29, 0.717) is 27.8 Å². The molecule has 152 valence electrons. The molecule has 6 nitrogen and oxygen atoms in total. The highest BCUT2D eigenvalue weighted by Crippen LogP contribution is 2.36. The Kier molecular flexibility index (Phi) is 6.21. The predicted molar refractivity (Wildman–Crippen MR) is 118 cm³/mol. The van der Waals surface area contributed by atoms with Crippen LogP contribution in [0, 0.1) is 0 Å². The summed E-state index contributed by atoms with van der Waals surface area (Å²) in [6.45, 7) is 0.432. The van der Waals surface area contributed by atoms with Crippen LogP contribution in [0.5, 0.6) is 17.2 Å². The number of halogens is 2. The molecule has 1 heterocycles. The summed E-state index contributed by atoms with van der Waals surface area (Å²) in [6, 6.07) is 17.9. The molecule has 0 spiro atoms. The van der Waals surface area contributed by atoms with E-state index in [1.165, 1.54) is 6.21 Å². The molecular formula is C22H16BrClN2O4. The molecule has 1 aliphatic heterocycles. The van der Waals surface area contributed by atoms with Crippen molar-refractivity contribution in [1.29, 1.82) is 0 Å². The van der Waals surface area contributed by atoms with Gasteiger partial charge in [-0.05, 0) is 46.3 Å². The Labute approximate surface area is 186 Å². The van der Waals surface area contributed by atoms with Crippen molar-refractivity contribution in [2.75, 3.05) is 6.79 Å². The Morgan fingerprint density at radius 2 is 1.87 bits per heavy atom. The summed E-state index contributed by atoms with van der Waals surface area (Å²) < 4.78 is 17.3. The van der Waals surface area contributed by atoms with Crippen LogP contribution in [-0.2, 0) is 6.61 Å². The Morgan fingerprint density at radius 3 is 2.70 bits per heavy atom. The number of ether oxygens (including phenoxy) is 3. The minimum atomic E-state index is -0.391. The summed E-state index contributed by atoms with van der Waals surface area (Å²) in [4.78, 5) is 12.6. The molecule has 8 heteroatoms. The summed E-state index contributed by atoms with van der Waals surface area (Å²) in [6.07, 6.45) is 1.52. The maximum atomic E-state index is 12.6. The zero-order valence-electron chi connectivity index (χ0n) is 15.6. The highest BCUT2D eigenvalue weighted by atomic mass is 79.9. The number of nitrogens with zero attached hydrogens (tertiary/aromatic N) is 1. The van der Waals surface area contributed by atoms with Crippen LogP contribution in [0.4, 0.5) is 0 Å². The minimum Gasteiger partial charge on any atom is -0.488 e. The molecule has 0 aliphatic carbocycles. The van der Waals surface area contributed by atoms with E-state index in [1.54, 1.807) is 42.5 Å². The lowest BCUT2D eigenvalue weighted by atomic mass is 10.2. The van der Waals surface area contributed by atoms with Crippen LogP contribution in [0.3, 0.4) is 0 Å². The number of hydrogen-bond donors (Lipinski definition) is 1. The largest absolute Gasteiger partial charge is 0.488 e. The first-order chi connectivity index (χ1) is 14.6. The van der Waals surface area contributed by atoms with Crippen LogP contribution in [0.15, 0.2) is 70.2 Å². The topological polar surface area (TPSA) is 69.2 Å². The van der Waals surface area contributed by atoms with Gasteiger partial charge in [-0.3, -0.25) is 4.79 Å². The van der Waals surface area contributed by atoms with Crippen molar-refractivity contribution in [2.24, 2.45) is 5.10 Å². The first-order valence-corrected chi connectivity index (χ1v) is 10.2. The lowest BCUT2D eigenvalue weighted by Gasteiger charge is -2.11. The molecule has 0 bridgehead atoms. The van der Waals surface area contributed by atoms with Gasteiger partial charge in [-0.25, -0.2) is 5.43 Å². The zero-order valence-corrected chi connectivity index (χ0v) is 17.9. The van der Waals surface area contributed by atoms with Crippen LogP contribution in [-0.4, -0.2) is 18.9 Å². The number of amides is 1. The Bertz CT molecular complexity index is 1120. The molecule has 0 saturated heterocycles. The number of rotatable bonds is 6. The third kappa shape index (κ3) is 4.58. The third-order valence-electron chi connectivity index (χ3n) is 4.33. The maximum Gasteiger partial charge on any atom is 0.275 e. The summed E-state index contributed by atoms with van der Waals surface area (Å²) >= 11 is 9.62. The van der Waals surface area contributed by atoms with Crippen LogP contribution in [0.2, 0.25) is 5.02 Å². The van der Waals surface area contributed by atoms with E-state index >= 15 is 0 Å². The summed E-state index contributed by atoms with van der Waals surface area (Å²) in [7, 11) is 0. The average molecular weight is 488 g/mol. The van der Waals surface area contributed by atoms with Gasteiger partial charge in [-0.15, -0.1) is 0 Å². The fraction of sp³-hybridized carbons (Fsp3) is 0.0909. The number of carbonyl (C=O) groups is 1. The van der Waals surface area contributed by atoms with E-state index < -0.39 is 5.91 Å². The summed E-state index contributed by atoms with van der Waals surface area (Å²) in [5, 5.41) is 4.66. The number of nitrogens with one attached hydrogen (secondary N) is 1. The van der Waals surface area contributed by atoms with E-state index in [2.05, 4.69) is 26.5 Å². The van der Waals surface area contributed by atoms with E-state index in [1.807, 2.05) is 18.2 Å². The van der Waals surface area contributed by atoms with E-state index in [-0.39, 0.29) is 13.4 Å². The van der Waals surface area contributed by atoms with Crippen molar-refractivity contribution in [1.82, 2.24) is 5.43 Å². The van der Waals surface area contributed by atoms with E-state index in [4.69, 9.17) is 25.8 Å². The predicted octanol–water partition coefficient (Wildman–Crippen LogP) is 5.17. The monoisotopic (exact) mass is 486 g/mol. The van der Waals surface area contributed by atoms with Gasteiger partial charge in [0.15, 0.2) is 11.5 Å². The number of fused-ring (bicyclic) bond motifs is 1. The Balaban J connectivity index is 1.44. The second-order valence-electron chi connectivity index (χ2n) is 6.30. The van der Waals surface area contributed by atoms with Gasteiger partial charge in [0.25, 0.3) is 5.91 Å². The third-order valence-corrected chi connectivity index (χ3v) is 5.39. The van der Waals surface area contributed by atoms with Crippen LogP contribution in [0.1, 0.15) is 21.5 Å². The van der Waals surface area contributed by atoms with Gasteiger partial charge >= 0.3 is 0 Å². The lowest BCUT2D eigenvalue weighted by Crippen LogP contribution is -2.18. The molecule has 1 aliphatic rings. The second kappa shape index (κ2) is 9.19. The fourth-order valence-electron chi connectivity index (χ4n) is 2.80. The fourth-order valence-corrected chi connectivity index (χ4v) is 3.42. The standard InChI is InChI=1S/C22H16BrClN2O4/c23-17-10-21-20(29-13-30-21)9-15(17)11-25-26-22(27)16-6-2-4-8-19(16)28-12-14-5-1-3-7-18(14)24/h1-11H,12-13H2,(H,26,27)/b25-11+. The smallest absolute Gasteiger partial charge is 0.275 e. The Hall–Kier alpha value is -3.03. The van der Waals surface area contributed by atoms with Gasteiger partial charge in [0.2, 0.25) is 6.79 Å². The number of carbonyl (C=O) groups excluding carboxylic acids is 1. The molecule has 0 atom stereocenters. The molecule has 0 fully saturated rings. The van der Waals surface area contributed by atoms with Crippen molar-refractivity contribution in [3.63, 3.8) is 0 Å². The maximum absolute atomic E-state index is 12.6. The molecule has 0 radical (unpaired) electrons. The highest BCUT2D eigenvalue weighted by molar-refractivity contribution is 9.10. The van der Waals surface area contributed by atoms with Gasteiger partial charge in [-0.2, -0.15) is 5.10 Å². The van der Waals surface area contributed by atoms with Crippen molar-refractivity contribution >= 4 is 39.7 Å². The quantitative estimate of drug-likeness (QED) is 0.384. The Morgan fingerprint density at radius 1 is 1.13 bits per heavy atom. The molecular weight excluding hydrogens is 472 g/mol. The molecule has 4 rings (SSSR count). The van der Waals surface area contributed by atoms with Gasteiger partial charge in [0.1, 0.15) is 12.4 Å². The molecule has 3 aromatic carbocycles. The van der Waals surface area contributed by atoms with Crippen molar-refractivity contribution in [3.05, 3.63) is 86.8 Å². The molecule has 1 N–H and O–H groups in total. The van der Waals surface area contributed by atoms with Crippen molar-refractivity contribution < 1.29 is 19.0 Å². The van der Waals surface area contributed by atoms with Gasteiger partial charge in [-0.1, -0.05) is 41.9 Å². The van der Waals surface area contributed by atoms with E-state index in [0.717, 1.165) is 15.6 Å². The average Bonchev–Trinajstić information content (AvgIpc) is 3.20. The van der Waals surface area contributed by atoms with E-state index in [9.17, 15) is 4.79 Å². The molecule has 0 aromatic heterocycles. The second-order valence-corrected chi connectivity index (χ2v) is 7.56. The molecule has 0 unspecified atom stereocenters.